The van der Waals surface area contributed by atoms with Crippen LogP contribution in [0.4, 0.5) is 4.79 Å². The Labute approximate surface area is 161 Å². The van der Waals surface area contributed by atoms with Gasteiger partial charge < -0.3 is 14.1 Å². The Balaban J connectivity index is 3.22. The molecule has 0 saturated carbocycles. The molecule has 0 unspecified atom stereocenters. The largest absolute Gasteiger partial charge is 0.444 e. The van der Waals surface area contributed by atoms with Gasteiger partial charge in [-0.25, -0.2) is 4.79 Å². The van der Waals surface area contributed by atoms with Gasteiger partial charge in [0.05, 0.1) is 18.2 Å². The summed E-state index contributed by atoms with van der Waals surface area (Å²) in [5.41, 5.74) is 17.3. The van der Waals surface area contributed by atoms with Gasteiger partial charge in [-0.15, -0.1) is 0 Å². The summed E-state index contributed by atoms with van der Waals surface area (Å²) in [5, 5.41) is 7.52. The van der Waals surface area contributed by atoms with Crippen molar-refractivity contribution < 1.29 is 14.0 Å². The third-order valence-corrected chi connectivity index (χ3v) is 9.38. The molecule has 0 bridgehead atoms. The van der Waals surface area contributed by atoms with Crippen molar-refractivity contribution in [1.29, 1.82) is 0 Å². The molecule has 1 amide bonds. The fourth-order valence-corrected chi connectivity index (χ4v) is 3.83. The maximum Gasteiger partial charge on any atom is 0.410 e. The SMILES string of the molecule is CC(C)(C)OC(=O)N1C[C@H](N=[N+]=[N-])[C@H](N=[N+]=[N-])[C@H](O[Si](C)(C)C(C)(C)C)C1. The lowest BCUT2D eigenvalue weighted by molar-refractivity contribution is -0.00207. The van der Waals surface area contributed by atoms with Crippen LogP contribution in [-0.2, 0) is 9.16 Å². The van der Waals surface area contributed by atoms with E-state index in [4.69, 9.17) is 20.2 Å². The van der Waals surface area contributed by atoms with E-state index in [1.54, 1.807) is 20.8 Å². The number of carbonyl (C=O) groups excluding carboxylic acids is 1. The molecular weight excluding hydrogens is 366 g/mol. The minimum absolute atomic E-state index is 0.0733. The van der Waals surface area contributed by atoms with Gasteiger partial charge in [-0.3, -0.25) is 0 Å². The van der Waals surface area contributed by atoms with E-state index in [-0.39, 0.29) is 18.1 Å². The Bertz CT molecular complexity index is 643. The van der Waals surface area contributed by atoms with E-state index in [0.29, 0.717) is 0 Å². The molecule has 0 radical (unpaired) electrons. The predicted molar refractivity (Wildman–Crippen MR) is 106 cm³/mol. The third kappa shape index (κ3) is 6.32. The van der Waals surface area contributed by atoms with Crippen LogP contribution in [0.5, 0.6) is 0 Å². The lowest BCUT2D eigenvalue weighted by Crippen LogP contribution is -2.60. The van der Waals surface area contributed by atoms with Gasteiger partial charge in [0.2, 0.25) is 0 Å². The Morgan fingerprint density at radius 2 is 1.63 bits per heavy atom. The van der Waals surface area contributed by atoms with Crippen molar-refractivity contribution in [1.82, 2.24) is 4.90 Å². The summed E-state index contributed by atoms with van der Waals surface area (Å²) in [5.74, 6) is 0. The number of piperidine rings is 1. The molecule has 0 aliphatic carbocycles. The van der Waals surface area contributed by atoms with Crippen molar-refractivity contribution in [2.45, 2.75) is 83.5 Å². The highest BCUT2D eigenvalue weighted by atomic mass is 28.4. The van der Waals surface area contributed by atoms with Crippen LogP contribution in [0.1, 0.15) is 41.5 Å². The Morgan fingerprint density at radius 3 is 2.07 bits per heavy atom. The molecule has 1 aliphatic heterocycles. The van der Waals surface area contributed by atoms with Crippen molar-refractivity contribution in [3.63, 3.8) is 0 Å². The predicted octanol–water partition coefficient (Wildman–Crippen LogP) is 4.99. The molecule has 3 atom stereocenters. The van der Waals surface area contributed by atoms with E-state index in [1.807, 2.05) is 0 Å². The minimum atomic E-state index is -2.22. The molecule has 10 nitrogen and oxygen atoms in total. The molecule has 1 saturated heterocycles. The number of amides is 1. The smallest absolute Gasteiger partial charge is 0.410 e. The number of hydrogen-bond donors (Lipinski definition) is 0. The molecule has 1 rings (SSSR count). The summed E-state index contributed by atoms with van der Waals surface area (Å²) in [6.07, 6.45) is -1.08. The summed E-state index contributed by atoms with van der Waals surface area (Å²) >= 11 is 0. The molecule has 0 N–H and O–H groups in total. The van der Waals surface area contributed by atoms with Crippen LogP contribution < -0.4 is 0 Å². The molecule has 1 heterocycles. The molecule has 0 aromatic carbocycles. The number of ether oxygens (including phenoxy) is 1. The highest BCUT2D eigenvalue weighted by Crippen LogP contribution is 2.39. The summed E-state index contributed by atoms with van der Waals surface area (Å²) in [6, 6.07) is -1.40. The van der Waals surface area contributed by atoms with Crippen LogP contribution in [0.3, 0.4) is 0 Å². The van der Waals surface area contributed by atoms with Crippen molar-refractivity contribution >= 4 is 14.4 Å². The monoisotopic (exact) mass is 397 g/mol. The van der Waals surface area contributed by atoms with Crippen LogP contribution >= 0.6 is 0 Å². The lowest BCUT2D eigenvalue weighted by atomic mass is 9.98. The molecule has 1 aliphatic rings. The Kier molecular flexibility index (Phi) is 7.18. The maximum atomic E-state index is 12.6. The fourth-order valence-electron chi connectivity index (χ4n) is 2.50. The Hall–Kier alpha value is -1.93. The second-order valence-electron chi connectivity index (χ2n) is 9.27. The molecule has 0 aromatic rings. The van der Waals surface area contributed by atoms with Crippen molar-refractivity contribution in [2.24, 2.45) is 10.2 Å². The van der Waals surface area contributed by atoms with Crippen LogP contribution in [0, 0.1) is 0 Å². The average molecular weight is 398 g/mol. The first-order valence-corrected chi connectivity index (χ1v) is 11.9. The highest BCUT2D eigenvalue weighted by Gasteiger charge is 2.45. The number of nitrogens with zero attached hydrogens (tertiary/aromatic N) is 7. The van der Waals surface area contributed by atoms with Crippen molar-refractivity contribution in [3.8, 4) is 0 Å². The van der Waals surface area contributed by atoms with Gasteiger partial charge in [-0.05, 0) is 50.0 Å². The van der Waals surface area contributed by atoms with Gasteiger partial charge in [-0.1, -0.05) is 31.0 Å². The summed E-state index contributed by atoms with van der Waals surface area (Å²) in [7, 11) is -2.22. The molecular formula is C16H31N7O3Si. The molecule has 0 spiro atoms. The second kappa shape index (κ2) is 8.39. The summed E-state index contributed by atoms with van der Waals surface area (Å²) in [4.78, 5) is 19.8. The average Bonchev–Trinajstić information content (AvgIpc) is 2.47. The van der Waals surface area contributed by atoms with Crippen LogP contribution in [0.15, 0.2) is 10.2 Å². The van der Waals surface area contributed by atoms with Gasteiger partial charge in [0.1, 0.15) is 5.60 Å². The zero-order valence-corrected chi connectivity index (χ0v) is 18.5. The van der Waals surface area contributed by atoms with Gasteiger partial charge in [0.25, 0.3) is 0 Å². The van der Waals surface area contributed by atoms with Crippen LogP contribution in [0.2, 0.25) is 18.1 Å². The highest BCUT2D eigenvalue weighted by molar-refractivity contribution is 6.74. The molecule has 27 heavy (non-hydrogen) atoms. The first kappa shape index (κ1) is 23.1. The standard InChI is InChI=1S/C16H31N7O3Si/c1-15(2,3)25-14(24)23-9-11(19-21-17)13(20-22-18)12(10-23)26-27(7,8)16(4,5)6/h11-13H,9-10H2,1-8H3/t11-,12+,13-/m0/s1. The Morgan fingerprint density at radius 1 is 1.07 bits per heavy atom. The minimum Gasteiger partial charge on any atom is -0.444 e. The lowest BCUT2D eigenvalue weighted by Gasteiger charge is -2.46. The maximum absolute atomic E-state index is 12.6. The van der Waals surface area contributed by atoms with Crippen LogP contribution in [0.25, 0.3) is 20.9 Å². The van der Waals surface area contributed by atoms with Gasteiger partial charge >= 0.3 is 6.09 Å². The first-order valence-electron chi connectivity index (χ1n) is 8.96. The summed E-state index contributed by atoms with van der Waals surface area (Å²) in [6.45, 7) is 16.1. The van der Waals surface area contributed by atoms with E-state index in [2.05, 4.69) is 53.9 Å². The van der Waals surface area contributed by atoms with E-state index < -0.39 is 38.2 Å². The zero-order valence-electron chi connectivity index (χ0n) is 17.5. The number of rotatable bonds is 4. The van der Waals surface area contributed by atoms with E-state index >= 15 is 0 Å². The molecule has 152 valence electrons. The van der Waals surface area contributed by atoms with E-state index in [0.717, 1.165) is 0 Å². The third-order valence-electron chi connectivity index (χ3n) is 4.87. The number of likely N-dealkylation sites (tertiary alicyclic amines) is 1. The summed E-state index contributed by atoms with van der Waals surface area (Å²) < 4.78 is 11.9. The quantitative estimate of drug-likeness (QED) is 0.286. The fraction of sp³-hybridized carbons (Fsp3) is 0.938. The van der Waals surface area contributed by atoms with E-state index in [9.17, 15) is 4.79 Å². The number of hydrogen-bond acceptors (Lipinski definition) is 5. The number of azide groups is 2. The topological polar surface area (TPSA) is 136 Å². The first-order chi connectivity index (χ1) is 12.2. The van der Waals surface area contributed by atoms with Crippen molar-refractivity contribution in [2.75, 3.05) is 13.1 Å². The van der Waals surface area contributed by atoms with Gasteiger partial charge in [0.15, 0.2) is 8.32 Å². The van der Waals surface area contributed by atoms with Crippen molar-refractivity contribution in [3.05, 3.63) is 20.9 Å². The van der Waals surface area contributed by atoms with Gasteiger partial charge in [-0.2, -0.15) is 0 Å². The van der Waals surface area contributed by atoms with E-state index in [1.165, 1.54) is 4.90 Å². The van der Waals surface area contributed by atoms with Crippen LogP contribution in [-0.4, -0.2) is 56.2 Å². The van der Waals surface area contributed by atoms with Gasteiger partial charge in [0, 0.05) is 22.9 Å². The number of carbonyl (C=O) groups is 1. The zero-order chi connectivity index (χ0) is 21.0. The second-order valence-corrected chi connectivity index (χ2v) is 14.0. The molecule has 11 heteroatoms. The molecule has 0 aromatic heterocycles. The molecule has 1 fully saturated rings. The normalized spacial score (nSPS) is 23.9.